The van der Waals surface area contributed by atoms with Gasteiger partial charge in [-0.25, -0.2) is 0 Å². The largest absolute Gasteiger partial charge is 0.399 e. The number of anilines is 1. The van der Waals surface area contributed by atoms with E-state index in [0.717, 1.165) is 23.0 Å². The van der Waals surface area contributed by atoms with Crippen LogP contribution in [0.15, 0.2) is 24.4 Å². The Bertz CT molecular complexity index is 613. The van der Waals surface area contributed by atoms with E-state index in [1.165, 1.54) is 19.3 Å². The van der Waals surface area contributed by atoms with Gasteiger partial charge < -0.3 is 15.6 Å². The second-order valence-electron chi connectivity index (χ2n) is 5.49. The zero-order valence-corrected chi connectivity index (χ0v) is 11.1. The number of nitrogens with two attached hydrogens (primary N) is 1. The van der Waals surface area contributed by atoms with Gasteiger partial charge >= 0.3 is 0 Å². The van der Waals surface area contributed by atoms with Crippen LogP contribution in [0.3, 0.4) is 0 Å². The van der Waals surface area contributed by atoms with Crippen molar-refractivity contribution in [2.24, 2.45) is 5.92 Å². The smallest absolute Gasteiger partial charge is 0.255 e. The third-order valence-corrected chi connectivity index (χ3v) is 4.04. The highest BCUT2D eigenvalue weighted by Crippen LogP contribution is 2.28. The van der Waals surface area contributed by atoms with Gasteiger partial charge in [0.25, 0.3) is 5.91 Å². The Morgan fingerprint density at radius 1 is 1.47 bits per heavy atom. The van der Waals surface area contributed by atoms with Crippen molar-refractivity contribution >= 4 is 22.5 Å². The molecule has 19 heavy (non-hydrogen) atoms. The molecule has 0 saturated heterocycles. The van der Waals surface area contributed by atoms with Crippen LogP contribution < -0.4 is 5.73 Å². The first kappa shape index (κ1) is 12.1. The molecule has 0 unspecified atom stereocenters. The van der Waals surface area contributed by atoms with Crippen molar-refractivity contribution in [1.82, 2.24) is 9.88 Å². The fraction of sp³-hybridized carbons (Fsp3) is 0.400. The number of aromatic nitrogens is 1. The molecule has 1 saturated carbocycles. The van der Waals surface area contributed by atoms with Crippen molar-refractivity contribution in [2.75, 3.05) is 19.3 Å². The zero-order chi connectivity index (χ0) is 13.4. The summed E-state index contributed by atoms with van der Waals surface area (Å²) in [4.78, 5) is 17.4. The highest BCUT2D eigenvalue weighted by atomic mass is 16.2. The first-order valence-corrected chi connectivity index (χ1v) is 6.77. The average Bonchev–Trinajstić information content (AvgIpc) is 2.75. The Morgan fingerprint density at radius 3 is 2.95 bits per heavy atom. The predicted octanol–water partition coefficient (Wildman–Crippen LogP) is 2.62. The van der Waals surface area contributed by atoms with Crippen LogP contribution in [0.25, 0.3) is 10.9 Å². The van der Waals surface area contributed by atoms with Gasteiger partial charge in [-0.1, -0.05) is 6.42 Å². The number of hydrogen-bond donors (Lipinski definition) is 2. The molecule has 4 nitrogen and oxygen atoms in total. The van der Waals surface area contributed by atoms with E-state index in [0.29, 0.717) is 11.6 Å². The van der Waals surface area contributed by atoms with E-state index in [4.69, 9.17) is 5.73 Å². The minimum Gasteiger partial charge on any atom is -0.399 e. The molecule has 1 fully saturated rings. The summed E-state index contributed by atoms with van der Waals surface area (Å²) in [7, 11) is 1.89. The van der Waals surface area contributed by atoms with Gasteiger partial charge in [0.05, 0.1) is 5.56 Å². The van der Waals surface area contributed by atoms with Crippen LogP contribution in [0.1, 0.15) is 29.6 Å². The number of hydrogen-bond acceptors (Lipinski definition) is 2. The van der Waals surface area contributed by atoms with Crippen LogP contribution in [0, 0.1) is 5.92 Å². The monoisotopic (exact) mass is 257 g/mol. The lowest BCUT2D eigenvalue weighted by molar-refractivity contribution is 0.0747. The summed E-state index contributed by atoms with van der Waals surface area (Å²) in [5.74, 6) is 0.776. The van der Waals surface area contributed by atoms with Crippen molar-refractivity contribution < 1.29 is 4.79 Å². The molecule has 1 amide bonds. The number of H-pyrrole nitrogens is 1. The molecule has 0 spiro atoms. The lowest BCUT2D eigenvalue weighted by atomic mass is 9.85. The van der Waals surface area contributed by atoms with E-state index in [2.05, 4.69) is 4.98 Å². The summed E-state index contributed by atoms with van der Waals surface area (Å²) in [5, 5.41) is 0.944. The topological polar surface area (TPSA) is 62.1 Å². The lowest BCUT2D eigenvalue weighted by Gasteiger charge is -2.30. The SMILES string of the molecule is CN(CC1CCC1)C(=O)c1c[nH]c2cc(N)ccc12. The molecule has 0 bridgehead atoms. The van der Waals surface area contributed by atoms with Crippen molar-refractivity contribution in [3.8, 4) is 0 Å². The second kappa shape index (κ2) is 4.61. The molecule has 1 aliphatic carbocycles. The van der Waals surface area contributed by atoms with E-state index in [-0.39, 0.29) is 5.91 Å². The zero-order valence-electron chi connectivity index (χ0n) is 11.1. The summed E-state index contributed by atoms with van der Waals surface area (Å²) in [6.45, 7) is 0.862. The normalized spacial score (nSPS) is 15.4. The number of carbonyl (C=O) groups excluding carboxylic acids is 1. The summed E-state index contributed by atoms with van der Waals surface area (Å²) in [6.07, 6.45) is 5.59. The maximum Gasteiger partial charge on any atom is 0.255 e. The fourth-order valence-corrected chi connectivity index (χ4v) is 2.67. The van der Waals surface area contributed by atoms with Crippen LogP contribution in [0.5, 0.6) is 0 Å². The number of nitrogens with zero attached hydrogens (tertiary/aromatic N) is 1. The van der Waals surface area contributed by atoms with E-state index in [9.17, 15) is 4.79 Å². The molecule has 0 aliphatic heterocycles. The van der Waals surface area contributed by atoms with Crippen LogP contribution in [0.4, 0.5) is 5.69 Å². The Hall–Kier alpha value is -1.97. The van der Waals surface area contributed by atoms with Gasteiger partial charge in [-0.15, -0.1) is 0 Å². The van der Waals surface area contributed by atoms with Crippen molar-refractivity contribution in [2.45, 2.75) is 19.3 Å². The van der Waals surface area contributed by atoms with E-state index >= 15 is 0 Å². The van der Waals surface area contributed by atoms with Gasteiger partial charge in [-0.3, -0.25) is 4.79 Å². The number of nitrogens with one attached hydrogen (secondary N) is 1. The Labute approximate surface area is 112 Å². The van der Waals surface area contributed by atoms with Gasteiger partial charge in [0.1, 0.15) is 0 Å². The Kier molecular flexibility index (Phi) is 2.93. The van der Waals surface area contributed by atoms with E-state index < -0.39 is 0 Å². The fourth-order valence-electron chi connectivity index (χ4n) is 2.67. The van der Waals surface area contributed by atoms with Gasteiger partial charge in [0.2, 0.25) is 0 Å². The molecule has 2 aromatic rings. The van der Waals surface area contributed by atoms with E-state index in [1.807, 2.05) is 30.1 Å². The molecule has 1 heterocycles. The van der Waals surface area contributed by atoms with Gasteiger partial charge in [0.15, 0.2) is 0 Å². The molecule has 100 valence electrons. The Morgan fingerprint density at radius 2 is 2.26 bits per heavy atom. The molecule has 1 aromatic carbocycles. The number of fused-ring (bicyclic) bond motifs is 1. The molecule has 3 N–H and O–H groups in total. The summed E-state index contributed by atoms with van der Waals surface area (Å²) >= 11 is 0. The number of aromatic amines is 1. The number of rotatable bonds is 3. The standard InChI is InChI=1S/C15H19N3O/c1-18(9-10-3-2-4-10)15(19)13-8-17-14-7-11(16)5-6-12(13)14/h5-8,10,17H,2-4,9,16H2,1H3. The quantitative estimate of drug-likeness (QED) is 0.830. The number of benzene rings is 1. The summed E-state index contributed by atoms with van der Waals surface area (Å²) in [5.41, 5.74) is 8.10. The highest BCUT2D eigenvalue weighted by molar-refractivity contribution is 6.07. The third-order valence-electron chi connectivity index (χ3n) is 4.04. The third kappa shape index (κ3) is 2.18. The predicted molar refractivity (Wildman–Crippen MR) is 77.0 cm³/mol. The molecular formula is C15H19N3O. The van der Waals surface area contributed by atoms with Crippen molar-refractivity contribution in [1.29, 1.82) is 0 Å². The van der Waals surface area contributed by atoms with Gasteiger partial charge in [-0.05, 0) is 37.0 Å². The second-order valence-corrected chi connectivity index (χ2v) is 5.49. The van der Waals surface area contributed by atoms with E-state index in [1.54, 1.807) is 6.20 Å². The lowest BCUT2D eigenvalue weighted by Crippen LogP contribution is -2.34. The average molecular weight is 257 g/mol. The summed E-state index contributed by atoms with van der Waals surface area (Å²) < 4.78 is 0. The van der Waals surface area contributed by atoms with Crippen molar-refractivity contribution in [3.05, 3.63) is 30.0 Å². The minimum absolute atomic E-state index is 0.0860. The number of carbonyl (C=O) groups is 1. The molecule has 1 aromatic heterocycles. The molecule has 0 atom stereocenters. The van der Waals surface area contributed by atoms with Crippen LogP contribution in [-0.4, -0.2) is 29.4 Å². The van der Waals surface area contributed by atoms with Gasteiger partial charge in [0, 0.05) is 36.4 Å². The molecule has 1 aliphatic rings. The maximum atomic E-state index is 12.5. The molecular weight excluding hydrogens is 238 g/mol. The molecule has 4 heteroatoms. The first-order chi connectivity index (χ1) is 9.15. The van der Waals surface area contributed by atoms with Crippen LogP contribution in [-0.2, 0) is 0 Å². The summed E-state index contributed by atoms with van der Waals surface area (Å²) in [6, 6.07) is 5.60. The number of amides is 1. The highest BCUT2D eigenvalue weighted by Gasteiger charge is 2.23. The minimum atomic E-state index is 0.0860. The van der Waals surface area contributed by atoms with Crippen LogP contribution in [0.2, 0.25) is 0 Å². The van der Waals surface area contributed by atoms with Crippen LogP contribution >= 0.6 is 0 Å². The molecule has 0 radical (unpaired) electrons. The molecule has 3 rings (SSSR count). The maximum absolute atomic E-state index is 12.5. The Balaban J connectivity index is 1.84. The van der Waals surface area contributed by atoms with Crippen molar-refractivity contribution in [3.63, 3.8) is 0 Å². The first-order valence-electron chi connectivity index (χ1n) is 6.77. The van der Waals surface area contributed by atoms with Gasteiger partial charge in [-0.2, -0.15) is 0 Å². The number of nitrogen functional groups attached to an aromatic ring is 1.